The average molecular weight is 1140 g/mol. The Morgan fingerprint density at radius 1 is 0.590 bits per heavy atom. The number of carbonyl (C=O) groups is 1. The van der Waals surface area contributed by atoms with Gasteiger partial charge in [-0.3, -0.25) is 32.9 Å². The predicted octanol–water partition coefficient (Wildman–Crippen LogP) is 7.98. The molecule has 436 valence electrons. The molecule has 1 amide bonds. The Hall–Kier alpha value is -8.17. The van der Waals surface area contributed by atoms with Crippen molar-refractivity contribution >= 4 is 28.5 Å². The third-order valence-electron chi connectivity index (χ3n) is 16.7. The first-order valence-electron chi connectivity index (χ1n) is 28.2. The van der Waals surface area contributed by atoms with Crippen LogP contribution in [0.5, 0.6) is 0 Å². The third-order valence-corrected chi connectivity index (χ3v) is 16.7. The molecule has 0 aliphatic carbocycles. The van der Waals surface area contributed by atoms with Crippen LogP contribution in [-0.4, -0.2) is 122 Å². The lowest BCUT2D eigenvalue weighted by molar-refractivity contribution is -0.133. The highest BCUT2D eigenvalue weighted by molar-refractivity contribution is 5.77. The molecule has 83 heavy (non-hydrogen) atoms. The van der Waals surface area contributed by atoms with Gasteiger partial charge in [-0.05, 0) is 129 Å². The van der Waals surface area contributed by atoms with Crippen LogP contribution in [0.15, 0.2) is 104 Å². The molecule has 2 atom stereocenters. The number of hydrogen-bond acceptors (Lipinski definition) is 14. The molecule has 18 nitrogen and oxygen atoms in total. The van der Waals surface area contributed by atoms with E-state index in [4.69, 9.17) is 14.4 Å². The molecule has 3 aromatic carbocycles. The topological polar surface area (TPSA) is 190 Å². The molecule has 9 heterocycles. The Balaban J connectivity index is 0.000000139. The first kappa shape index (κ1) is 58.0. The molecule has 1 N–H and O–H groups in total. The summed E-state index contributed by atoms with van der Waals surface area (Å²) in [5, 5.41) is 12.9. The smallest absolute Gasteiger partial charge is 0.258 e. The number of carbonyl (C=O) groups excluding carboxylic acids is 1. The SMILES string of the molecule is Cc1cc(=O)n(-c2ccc(N3CC=C(c4oncc4C)CC3)c(F)c2)c(C)n1.Cc1cc(=O)n(-c2ccc(N3CCC4(CCCOC4)C3)c(F)c2)c(C)n1.Cc1cc(=O)n(-c2ccc(N3CCC4(CCN(C(=O)CO)C4)C3)c(F)c2)c(C)n1. The van der Waals surface area contributed by atoms with Gasteiger partial charge in [0.2, 0.25) is 5.91 Å². The minimum Gasteiger partial charge on any atom is -0.387 e. The molecule has 5 aliphatic rings. The number of aryl methyl sites for hydroxylation is 7. The number of nitrogens with zero attached hydrogens (tertiary/aromatic N) is 11. The summed E-state index contributed by atoms with van der Waals surface area (Å²) in [6.45, 7) is 19.2. The second kappa shape index (κ2) is 24.0. The van der Waals surface area contributed by atoms with Crippen LogP contribution in [0, 0.1) is 76.7 Å². The summed E-state index contributed by atoms with van der Waals surface area (Å²) in [6.07, 6.45) is 9.49. The van der Waals surface area contributed by atoms with E-state index in [9.17, 15) is 32.3 Å². The maximum atomic E-state index is 15.0. The second-order valence-corrected chi connectivity index (χ2v) is 22.7. The molecule has 4 saturated heterocycles. The molecule has 0 bridgehead atoms. The van der Waals surface area contributed by atoms with Crippen LogP contribution in [0.25, 0.3) is 22.6 Å². The lowest BCUT2D eigenvalue weighted by Gasteiger charge is -2.33. The highest BCUT2D eigenvalue weighted by Gasteiger charge is 2.45. The summed E-state index contributed by atoms with van der Waals surface area (Å²) in [5.41, 5.74) is 6.56. The van der Waals surface area contributed by atoms with Crippen molar-refractivity contribution in [3.63, 3.8) is 0 Å². The molecule has 7 aromatic rings. The maximum Gasteiger partial charge on any atom is 0.258 e. The number of benzene rings is 3. The molecular formula is C62H70F3N11O7. The van der Waals surface area contributed by atoms with Gasteiger partial charge in [0.15, 0.2) is 5.76 Å². The minimum absolute atomic E-state index is 0.0512. The van der Waals surface area contributed by atoms with Crippen LogP contribution in [-0.2, 0) is 9.53 Å². The van der Waals surface area contributed by atoms with Gasteiger partial charge in [-0.25, -0.2) is 28.1 Å². The highest BCUT2D eigenvalue weighted by Crippen LogP contribution is 2.43. The molecule has 4 fully saturated rings. The van der Waals surface area contributed by atoms with Crippen molar-refractivity contribution in [1.29, 1.82) is 0 Å². The Morgan fingerprint density at radius 3 is 1.47 bits per heavy atom. The van der Waals surface area contributed by atoms with Gasteiger partial charge < -0.3 is 34.0 Å². The van der Waals surface area contributed by atoms with E-state index >= 15 is 0 Å². The molecule has 0 radical (unpaired) electrons. The molecule has 21 heteroatoms. The summed E-state index contributed by atoms with van der Waals surface area (Å²) in [5.74, 6) is 1.11. The average Bonchev–Trinajstić information content (AvgIpc) is 3.24. The van der Waals surface area contributed by atoms with Crippen molar-refractivity contribution in [3.05, 3.63) is 179 Å². The van der Waals surface area contributed by atoms with E-state index in [-0.39, 0.29) is 50.9 Å². The molecule has 5 aliphatic heterocycles. The van der Waals surface area contributed by atoms with E-state index in [0.717, 1.165) is 81.7 Å². The van der Waals surface area contributed by atoms with E-state index in [1.165, 1.54) is 50.1 Å². The second-order valence-electron chi connectivity index (χ2n) is 22.7. The maximum absolute atomic E-state index is 15.0. The number of anilines is 3. The Bertz CT molecular complexity index is 3810. The van der Waals surface area contributed by atoms with E-state index in [1.54, 1.807) is 89.0 Å². The fourth-order valence-corrected chi connectivity index (χ4v) is 12.6. The first-order chi connectivity index (χ1) is 39.7. The van der Waals surface area contributed by atoms with Gasteiger partial charge in [0.25, 0.3) is 16.7 Å². The summed E-state index contributed by atoms with van der Waals surface area (Å²) >= 11 is 0. The molecule has 12 rings (SSSR count). The standard InChI is InChI=1S/C21H25FN4O3.C21H21FN4O2.C20H24FN3O2/c1-14-9-19(28)26(15(2)23-14)16-3-4-18(17(22)10-16)24-7-5-21(12-24)6-8-25(13-21)20(29)11-27;1-13-12-23-28-21(13)16-6-8-25(9-7-16)19-5-4-17(11-18(19)22)26-15(3)24-14(2)10-20(26)27;1-14-10-19(25)24(15(2)22-14)16-4-5-18(17(21)11-16)23-8-7-20(12-23)6-3-9-26-13-20/h3-4,9-10,27H,5-8,11-13H2,1-2H3;4-6,10-12H,7-9H2,1-3H3;4-5,10-11H,3,6-9,12-13H2,1-2H3. The number of hydrogen-bond donors (Lipinski definition) is 1. The van der Waals surface area contributed by atoms with E-state index < -0.39 is 6.61 Å². The molecule has 2 spiro atoms. The van der Waals surface area contributed by atoms with E-state index in [2.05, 4.69) is 25.0 Å². The normalized spacial score (nSPS) is 19.5. The van der Waals surface area contributed by atoms with Crippen molar-refractivity contribution in [3.8, 4) is 17.1 Å². The van der Waals surface area contributed by atoms with E-state index in [1.807, 2.05) is 22.8 Å². The lowest BCUT2D eigenvalue weighted by Crippen LogP contribution is -2.35. The van der Waals surface area contributed by atoms with Crippen LogP contribution in [0.3, 0.4) is 0 Å². The lowest BCUT2D eigenvalue weighted by atomic mass is 9.82. The van der Waals surface area contributed by atoms with Crippen LogP contribution in [0.1, 0.15) is 84.4 Å². The number of aromatic nitrogens is 7. The summed E-state index contributed by atoms with van der Waals surface area (Å²) < 4.78 is 60.0. The Labute approximate surface area is 479 Å². The zero-order valence-electron chi connectivity index (χ0n) is 48.1. The van der Waals surface area contributed by atoms with Gasteiger partial charge in [-0.2, -0.15) is 0 Å². The van der Waals surface area contributed by atoms with Gasteiger partial charge in [-0.1, -0.05) is 11.2 Å². The highest BCUT2D eigenvalue weighted by atomic mass is 19.1. The van der Waals surface area contributed by atoms with E-state index in [0.29, 0.717) is 108 Å². The number of aliphatic hydroxyl groups is 1. The van der Waals surface area contributed by atoms with Crippen LogP contribution >= 0.6 is 0 Å². The molecule has 4 aromatic heterocycles. The van der Waals surface area contributed by atoms with Crippen molar-refractivity contribution in [2.75, 3.05) is 86.9 Å². The van der Waals surface area contributed by atoms with Crippen LogP contribution in [0.2, 0.25) is 0 Å². The predicted molar refractivity (Wildman–Crippen MR) is 311 cm³/mol. The van der Waals surface area contributed by atoms with Gasteiger partial charge in [0.1, 0.15) is 41.5 Å². The zero-order valence-corrected chi connectivity index (χ0v) is 48.1. The monoisotopic (exact) mass is 1140 g/mol. The van der Waals surface area contributed by atoms with Crippen LogP contribution in [0.4, 0.5) is 30.2 Å². The quantitative estimate of drug-likeness (QED) is 0.154. The van der Waals surface area contributed by atoms with Gasteiger partial charge >= 0.3 is 0 Å². The number of amides is 1. The third kappa shape index (κ3) is 12.3. The number of ether oxygens (including phenoxy) is 1. The van der Waals surface area contributed by atoms with Crippen molar-refractivity contribution < 1.29 is 32.3 Å². The zero-order chi connectivity index (χ0) is 58.9. The largest absolute Gasteiger partial charge is 0.387 e. The van der Waals surface area contributed by atoms with Gasteiger partial charge in [0.05, 0.1) is 46.9 Å². The van der Waals surface area contributed by atoms with Crippen molar-refractivity contribution in [1.82, 2.24) is 38.7 Å². The summed E-state index contributed by atoms with van der Waals surface area (Å²) in [4.78, 5) is 69.4. The van der Waals surface area contributed by atoms with Gasteiger partial charge in [-0.15, -0.1) is 0 Å². The van der Waals surface area contributed by atoms with Gasteiger partial charge in [0, 0.05) is 129 Å². The first-order valence-corrected chi connectivity index (χ1v) is 28.2. The summed E-state index contributed by atoms with van der Waals surface area (Å²) in [7, 11) is 0. The Kier molecular flexibility index (Phi) is 16.8. The summed E-state index contributed by atoms with van der Waals surface area (Å²) in [6, 6.07) is 19.0. The number of aliphatic hydroxyl groups excluding tert-OH is 1. The number of likely N-dealkylation sites (tertiary alicyclic amines) is 1. The fraction of sp³-hybridized carbons (Fsp3) is 0.419. The van der Waals surface area contributed by atoms with Crippen LogP contribution < -0.4 is 31.4 Å². The number of rotatable bonds is 8. The Morgan fingerprint density at radius 2 is 1.06 bits per heavy atom. The fourth-order valence-electron chi connectivity index (χ4n) is 12.6. The molecular weight excluding hydrogens is 1070 g/mol. The molecule has 0 saturated carbocycles. The number of halogens is 3. The van der Waals surface area contributed by atoms with Crippen molar-refractivity contribution in [2.45, 2.75) is 87.0 Å². The molecule has 2 unspecified atom stereocenters. The van der Waals surface area contributed by atoms with Crippen molar-refractivity contribution in [2.24, 2.45) is 10.8 Å². The minimum atomic E-state index is -0.470.